The molecule has 2 aliphatic carbocycles. The highest BCUT2D eigenvalue weighted by Crippen LogP contribution is 2.54. The molecule has 0 radical (unpaired) electrons. The van der Waals surface area contributed by atoms with Crippen LogP contribution in [0.4, 0.5) is 15.9 Å². The lowest BCUT2D eigenvalue weighted by Gasteiger charge is -2.34. The lowest BCUT2D eigenvalue weighted by atomic mass is 9.91. The molecule has 2 saturated carbocycles. The number of hydrogen-bond acceptors (Lipinski definition) is 5. The molecule has 1 saturated heterocycles. The highest BCUT2D eigenvalue weighted by Gasteiger charge is 2.50. The van der Waals surface area contributed by atoms with Gasteiger partial charge in [0, 0.05) is 25.2 Å². The van der Waals surface area contributed by atoms with Crippen molar-refractivity contribution in [2.24, 2.45) is 18.9 Å². The van der Waals surface area contributed by atoms with Crippen molar-refractivity contribution in [2.45, 2.75) is 56.5 Å². The first-order chi connectivity index (χ1) is 16.2. The van der Waals surface area contributed by atoms with Crippen molar-refractivity contribution in [3.63, 3.8) is 0 Å². The van der Waals surface area contributed by atoms with Crippen molar-refractivity contribution in [3.05, 3.63) is 40.3 Å². The van der Waals surface area contributed by atoms with Gasteiger partial charge in [-0.15, -0.1) is 0 Å². The Bertz CT molecular complexity index is 1070. The second kappa shape index (κ2) is 9.13. The second-order valence-corrected chi connectivity index (χ2v) is 10.9. The number of nitrogens with one attached hydrogen (secondary N) is 1. The molecule has 0 bridgehead atoms. The van der Waals surface area contributed by atoms with Crippen molar-refractivity contribution < 1.29 is 14.3 Å². The third-order valence-electron chi connectivity index (χ3n) is 8.00. The van der Waals surface area contributed by atoms with E-state index in [4.69, 9.17) is 17.3 Å². The molecular formula is C25H33ClFN5O2. The van der Waals surface area contributed by atoms with E-state index in [-0.39, 0.29) is 16.8 Å². The fourth-order valence-corrected chi connectivity index (χ4v) is 6.68. The standard InChI is InChI=1S/C25H33ClFN5O2/c1-31-23(28)21(24(33)29-18-5-6-20(27)19(26)11-18)22(30-31)15-9-16-12-25(34,13-17(16)10-15)14-32-7-3-2-4-8-32/h5-6,11,15-17,34H,2-4,7-10,12-14,28H2,1H3,(H,29,33)/t15?,16-,17?,25?/m0/s1. The monoisotopic (exact) mass is 489 g/mol. The molecule has 2 heterocycles. The van der Waals surface area contributed by atoms with Gasteiger partial charge in [0.1, 0.15) is 17.2 Å². The van der Waals surface area contributed by atoms with E-state index in [0.29, 0.717) is 34.6 Å². The number of rotatable bonds is 5. The summed E-state index contributed by atoms with van der Waals surface area (Å²) < 4.78 is 15.0. The summed E-state index contributed by atoms with van der Waals surface area (Å²) in [7, 11) is 1.73. The Balaban J connectivity index is 1.29. The molecule has 1 aromatic heterocycles. The number of amides is 1. The van der Waals surface area contributed by atoms with Crippen LogP contribution in [-0.2, 0) is 7.05 Å². The van der Waals surface area contributed by atoms with E-state index in [9.17, 15) is 14.3 Å². The van der Waals surface area contributed by atoms with Gasteiger partial charge >= 0.3 is 0 Å². The molecule has 4 N–H and O–H groups in total. The number of aryl methyl sites for hydroxylation is 1. The number of anilines is 2. The number of nitrogens with zero attached hydrogens (tertiary/aromatic N) is 3. The molecule has 3 unspecified atom stereocenters. The minimum Gasteiger partial charge on any atom is -0.389 e. The molecular weight excluding hydrogens is 457 g/mol. The van der Waals surface area contributed by atoms with Gasteiger partial charge in [0.2, 0.25) is 0 Å². The molecule has 34 heavy (non-hydrogen) atoms. The van der Waals surface area contributed by atoms with Crippen LogP contribution in [-0.4, -0.2) is 50.9 Å². The molecule has 3 aliphatic rings. The molecule has 2 aromatic rings. The quantitative estimate of drug-likeness (QED) is 0.585. The average Bonchev–Trinajstić information content (AvgIpc) is 3.40. The van der Waals surface area contributed by atoms with Gasteiger partial charge in [-0.05, 0) is 81.6 Å². The third-order valence-corrected chi connectivity index (χ3v) is 8.29. The Labute approximate surface area is 204 Å². The van der Waals surface area contributed by atoms with Crippen LogP contribution in [0.2, 0.25) is 5.02 Å². The molecule has 4 atom stereocenters. The zero-order valence-corrected chi connectivity index (χ0v) is 20.3. The summed E-state index contributed by atoms with van der Waals surface area (Å²) in [4.78, 5) is 15.6. The first-order valence-corrected chi connectivity index (χ1v) is 12.6. The molecule has 9 heteroatoms. The van der Waals surface area contributed by atoms with Crippen LogP contribution in [0.15, 0.2) is 18.2 Å². The van der Waals surface area contributed by atoms with E-state index in [1.54, 1.807) is 11.7 Å². The number of carbonyl (C=O) groups excluding carboxylic acids is 1. The maximum absolute atomic E-state index is 13.5. The van der Waals surface area contributed by atoms with E-state index in [1.165, 1.54) is 37.5 Å². The number of piperidine rings is 1. The van der Waals surface area contributed by atoms with Crippen LogP contribution in [0, 0.1) is 17.7 Å². The smallest absolute Gasteiger partial charge is 0.261 e. The minimum atomic E-state index is -0.608. The zero-order valence-electron chi connectivity index (χ0n) is 19.6. The zero-order chi connectivity index (χ0) is 24.0. The number of likely N-dealkylation sites (tertiary alicyclic amines) is 1. The molecule has 1 aromatic carbocycles. The normalized spacial score (nSPS) is 29.4. The van der Waals surface area contributed by atoms with Gasteiger partial charge in [0.05, 0.1) is 16.3 Å². The van der Waals surface area contributed by atoms with E-state index in [1.807, 2.05) is 0 Å². The topological polar surface area (TPSA) is 96.4 Å². The number of hydrogen-bond donors (Lipinski definition) is 3. The van der Waals surface area contributed by atoms with Gasteiger partial charge < -0.3 is 21.1 Å². The Morgan fingerprint density at radius 2 is 1.94 bits per heavy atom. The van der Waals surface area contributed by atoms with Crippen LogP contribution < -0.4 is 11.1 Å². The van der Waals surface area contributed by atoms with Crippen LogP contribution >= 0.6 is 11.6 Å². The van der Waals surface area contributed by atoms with Gasteiger partial charge in [-0.3, -0.25) is 9.48 Å². The van der Waals surface area contributed by atoms with Crippen molar-refractivity contribution in [2.75, 3.05) is 30.7 Å². The van der Waals surface area contributed by atoms with Gasteiger partial charge in [-0.25, -0.2) is 4.39 Å². The summed E-state index contributed by atoms with van der Waals surface area (Å²) in [6.07, 6.45) is 7.14. The van der Waals surface area contributed by atoms with Crippen molar-refractivity contribution in [3.8, 4) is 0 Å². The average molecular weight is 490 g/mol. The molecule has 184 valence electrons. The lowest BCUT2D eigenvalue weighted by molar-refractivity contribution is -0.00274. The Kier molecular flexibility index (Phi) is 6.33. The molecule has 5 rings (SSSR count). The summed E-state index contributed by atoms with van der Waals surface area (Å²) in [6.45, 7) is 2.95. The summed E-state index contributed by atoms with van der Waals surface area (Å²) in [5.74, 6) is 0.362. The van der Waals surface area contributed by atoms with E-state index < -0.39 is 11.4 Å². The Hall–Kier alpha value is -2.16. The first kappa shape index (κ1) is 23.6. The number of nitrogen functional groups attached to an aromatic ring is 1. The minimum absolute atomic E-state index is 0.0576. The fraction of sp³-hybridized carbons (Fsp3) is 0.600. The summed E-state index contributed by atoms with van der Waals surface area (Å²) >= 11 is 5.86. The molecule has 1 amide bonds. The third kappa shape index (κ3) is 4.55. The Morgan fingerprint density at radius 3 is 2.59 bits per heavy atom. The number of carbonyl (C=O) groups is 1. The molecule has 1 aliphatic heterocycles. The van der Waals surface area contributed by atoms with E-state index >= 15 is 0 Å². The van der Waals surface area contributed by atoms with Crippen molar-refractivity contribution in [1.29, 1.82) is 0 Å². The predicted octanol–water partition coefficient (Wildman–Crippen LogP) is 4.17. The summed E-state index contributed by atoms with van der Waals surface area (Å²) in [5.41, 5.74) is 7.12. The van der Waals surface area contributed by atoms with Crippen LogP contribution in [0.3, 0.4) is 0 Å². The van der Waals surface area contributed by atoms with E-state index in [0.717, 1.165) is 45.3 Å². The predicted molar refractivity (Wildman–Crippen MR) is 130 cm³/mol. The molecule has 0 spiro atoms. The van der Waals surface area contributed by atoms with Crippen LogP contribution in [0.25, 0.3) is 0 Å². The number of β-amino-alcohol motifs (C(OH)–C–C–N with tert-alkyl or cyclic N) is 1. The molecule has 3 fully saturated rings. The highest BCUT2D eigenvalue weighted by molar-refractivity contribution is 6.31. The lowest BCUT2D eigenvalue weighted by Crippen LogP contribution is -2.44. The maximum Gasteiger partial charge on any atom is 0.261 e. The highest BCUT2D eigenvalue weighted by atomic mass is 35.5. The van der Waals surface area contributed by atoms with Crippen LogP contribution in [0.5, 0.6) is 0 Å². The number of nitrogens with two attached hydrogens (primary N) is 1. The van der Waals surface area contributed by atoms with Gasteiger partial charge in [-0.1, -0.05) is 18.0 Å². The molecule has 7 nitrogen and oxygen atoms in total. The number of aliphatic hydroxyl groups is 1. The number of halogens is 2. The van der Waals surface area contributed by atoms with Crippen molar-refractivity contribution >= 4 is 29.0 Å². The van der Waals surface area contributed by atoms with Gasteiger partial charge in [-0.2, -0.15) is 5.10 Å². The Morgan fingerprint density at radius 1 is 1.26 bits per heavy atom. The fourth-order valence-electron chi connectivity index (χ4n) is 6.50. The van der Waals surface area contributed by atoms with Gasteiger partial charge in [0.15, 0.2) is 0 Å². The maximum atomic E-state index is 13.5. The van der Waals surface area contributed by atoms with Crippen LogP contribution in [0.1, 0.15) is 66.9 Å². The van der Waals surface area contributed by atoms with E-state index in [2.05, 4.69) is 15.3 Å². The number of benzene rings is 1. The van der Waals surface area contributed by atoms with Gasteiger partial charge in [0.25, 0.3) is 5.91 Å². The SMILES string of the molecule is Cn1nc(C2CC3CC(O)(CN4CCCCC4)C[C@@H]3C2)c(C(=O)Nc2ccc(F)c(Cl)c2)c1N. The summed E-state index contributed by atoms with van der Waals surface area (Å²) in [5, 5.41) is 18.7. The first-order valence-electron chi connectivity index (χ1n) is 12.3. The number of aromatic nitrogens is 2. The largest absolute Gasteiger partial charge is 0.389 e. The number of fused-ring (bicyclic) bond motifs is 1. The van der Waals surface area contributed by atoms with Crippen molar-refractivity contribution in [1.82, 2.24) is 14.7 Å². The second-order valence-electron chi connectivity index (χ2n) is 10.5. The summed E-state index contributed by atoms with van der Waals surface area (Å²) in [6, 6.07) is 4.06.